The van der Waals surface area contributed by atoms with Crippen LogP contribution in [0, 0.1) is 6.92 Å². The fourth-order valence-corrected chi connectivity index (χ4v) is 6.44. The third kappa shape index (κ3) is 8.24. The molecular formula is C34H36ClN3O4S. The van der Waals surface area contributed by atoms with Gasteiger partial charge in [-0.3, -0.25) is 13.9 Å². The summed E-state index contributed by atoms with van der Waals surface area (Å²) < 4.78 is 29.3. The van der Waals surface area contributed by atoms with Gasteiger partial charge in [0.25, 0.3) is 10.0 Å². The number of amides is 2. The highest BCUT2D eigenvalue weighted by Crippen LogP contribution is 2.30. The van der Waals surface area contributed by atoms with Gasteiger partial charge in [0.15, 0.2) is 0 Å². The molecule has 4 rings (SSSR count). The van der Waals surface area contributed by atoms with Crippen LogP contribution < -0.4 is 9.62 Å². The summed E-state index contributed by atoms with van der Waals surface area (Å²) in [7, 11) is -4.19. The molecular weight excluding hydrogens is 582 g/mol. The third-order valence-corrected chi connectivity index (χ3v) is 9.08. The summed E-state index contributed by atoms with van der Waals surface area (Å²) in [4.78, 5) is 29.6. The predicted octanol–water partition coefficient (Wildman–Crippen LogP) is 6.01. The minimum Gasteiger partial charge on any atom is -0.354 e. The van der Waals surface area contributed by atoms with Crippen LogP contribution in [0.2, 0.25) is 5.02 Å². The molecule has 0 bridgehead atoms. The van der Waals surface area contributed by atoms with E-state index in [1.807, 2.05) is 67.6 Å². The second kappa shape index (κ2) is 14.8. The van der Waals surface area contributed by atoms with Gasteiger partial charge in [0, 0.05) is 24.5 Å². The van der Waals surface area contributed by atoms with E-state index in [9.17, 15) is 18.0 Å². The Bertz CT molecular complexity index is 1620. The molecule has 224 valence electrons. The van der Waals surface area contributed by atoms with Crippen LogP contribution in [0.25, 0.3) is 0 Å². The van der Waals surface area contributed by atoms with Crippen molar-refractivity contribution in [3.8, 4) is 0 Å². The summed E-state index contributed by atoms with van der Waals surface area (Å²) >= 11 is 6.32. The van der Waals surface area contributed by atoms with Gasteiger partial charge in [0.1, 0.15) is 12.6 Å². The first-order valence-electron chi connectivity index (χ1n) is 14.2. The molecule has 0 spiro atoms. The molecule has 9 heteroatoms. The average Bonchev–Trinajstić information content (AvgIpc) is 3.03. The second-order valence-electron chi connectivity index (χ2n) is 10.3. The smallest absolute Gasteiger partial charge is 0.264 e. The van der Waals surface area contributed by atoms with E-state index in [0.29, 0.717) is 22.8 Å². The van der Waals surface area contributed by atoms with Gasteiger partial charge in [-0.05, 0) is 54.3 Å². The molecule has 7 nitrogen and oxygen atoms in total. The number of hydrogen-bond donors (Lipinski definition) is 1. The maximum atomic E-state index is 14.4. The summed E-state index contributed by atoms with van der Waals surface area (Å²) in [6.07, 6.45) is 0.990. The number of carbonyl (C=O) groups is 2. The molecule has 4 aromatic carbocycles. The van der Waals surface area contributed by atoms with E-state index in [-0.39, 0.29) is 23.8 Å². The second-order valence-corrected chi connectivity index (χ2v) is 12.6. The molecule has 0 radical (unpaired) electrons. The lowest BCUT2D eigenvalue weighted by molar-refractivity contribution is -0.140. The number of nitrogens with one attached hydrogen (secondary N) is 1. The Morgan fingerprint density at radius 3 is 2.02 bits per heavy atom. The van der Waals surface area contributed by atoms with Crippen molar-refractivity contribution in [2.24, 2.45) is 0 Å². The number of anilines is 1. The molecule has 1 N–H and O–H groups in total. The first kappa shape index (κ1) is 31.8. The lowest BCUT2D eigenvalue weighted by Crippen LogP contribution is -2.53. The molecule has 0 saturated heterocycles. The van der Waals surface area contributed by atoms with Gasteiger partial charge in [-0.15, -0.1) is 0 Å². The SMILES string of the molecule is CCCNC(=O)[C@H](Cc1ccccc1)N(Cc1ccccc1)C(=O)CN(c1cc(Cl)ccc1C)S(=O)(=O)c1ccccc1. The van der Waals surface area contributed by atoms with Gasteiger partial charge in [-0.25, -0.2) is 8.42 Å². The summed E-state index contributed by atoms with van der Waals surface area (Å²) in [6.45, 7) is 3.76. The van der Waals surface area contributed by atoms with E-state index < -0.39 is 28.5 Å². The Balaban J connectivity index is 1.80. The largest absolute Gasteiger partial charge is 0.354 e. The lowest BCUT2D eigenvalue weighted by atomic mass is 10.0. The molecule has 0 fully saturated rings. The van der Waals surface area contributed by atoms with E-state index in [1.54, 1.807) is 43.3 Å². The summed E-state index contributed by atoms with van der Waals surface area (Å²) in [6, 6.07) is 30.9. The van der Waals surface area contributed by atoms with Crippen molar-refractivity contribution < 1.29 is 18.0 Å². The molecule has 43 heavy (non-hydrogen) atoms. The molecule has 0 unspecified atom stereocenters. The zero-order valence-corrected chi connectivity index (χ0v) is 25.9. The van der Waals surface area contributed by atoms with Crippen molar-refractivity contribution in [1.29, 1.82) is 0 Å². The van der Waals surface area contributed by atoms with Crippen molar-refractivity contribution in [1.82, 2.24) is 10.2 Å². The van der Waals surface area contributed by atoms with Crippen molar-refractivity contribution in [2.45, 2.75) is 44.2 Å². The molecule has 1 atom stereocenters. The number of hydrogen-bond acceptors (Lipinski definition) is 4. The van der Waals surface area contributed by atoms with Crippen molar-refractivity contribution in [2.75, 3.05) is 17.4 Å². The maximum Gasteiger partial charge on any atom is 0.264 e. The van der Waals surface area contributed by atoms with E-state index in [2.05, 4.69) is 5.32 Å². The molecule has 0 aliphatic carbocycles. The quantitative estimate of drug-likeness (QED) is 0.199. The molecule has 2 amide bonds. The average molecular weight is 618 g/mol. The maximum absolute atomic E-state index is 14.4. The predicted molar refractivity (Wildman–Crippen MR) is 171 cm³/mol. The van der Waals surface area contributed by atoms with Crippen LogP contribution in [-0.2, 0) is 32.6 Å². The number of aryl methyl sites for hydroxylation is 1. The fourth-order valence-electron chi connectivity index (χ4n) is 4.78. The lowest BCUT2D eigenvalue weighted by Gasteiger charge is -2.34. The first-order valence-corrected chi connectivity index (χ1v) is 16.0. The number of carbonyl (C=O) groups excluding carboxylic acids is 2. The van der Waals surface area contributed by atoms with E-state index in [1.165, 1.54) is 17.0 Å². The summed E-state index contributed by atoms with van der Waals surface area (Å²) in [5.41, 5.74) is 2.62. The molecule has 4 aromatic rings. The fraction of sp³-hybridized carbons (Fsp3) is 0.235. The van der Waals surface area contributed by atoms with Crippen LogP contribution in [-0.4, -0.2) is 44.3 Å². The standard InChI is InChI=1S/C34H36ClN3O4S/c1-3-21-36-34(40)32(22-27-13-7-4-8-14-27)37(24-28-15-9-5-10-16-28)33(39)25-38(31-23-29(35)20-19-26(31)2)43(41,42)30-17-11-6-12-18-30/h4-20,23,32H,3,21-22,24-25H2,1-2H3,(H,36,40)/t32-/m0/s1. The molecule has 0 aliphatic rings. The van der Waals surface area contributed by atoms with Crippen LogP contribution in [0.4, 0.5) is 5.69 Å². The van der Waals surface area contributed by atoms with Crippen LogP contribution in [0.15, 0.2) is 114 Å². The Hall–Kier alpha value is -4.14. The van der Waals surface area contributed by atoms with E-state index >= 15 is 0 Å². The number of rotatable bonds is 13. The van der Waals surface area contributed by atoms with Gasteiger partial charge in [0.05, 0.1) is 10.6 Å². The molecule has 0 aliphatic heterocycles. The van der Waals surface area contributed by atoms with Crippen LogP contribution >= 0.6 is 11.6 Å². The van der Waals surface area contributed by atoms with Crippen LogP contribution in [0.3, 0.4) is 0 Å². The number of benzene rings is 4. The van der Waals surface area contributed by atoms with E-state index in [0.717, 1.165) is 21.9 Å². The van der Waals surface area contributed by atoms with Crippen LogP contribution in [0.5, 0.6) is 0 Å². The number of halogens is 1. The van der Waals surface area contributed by atoms with Gasteiger partial charge in [-0.2, -0.15) is 0 Å². The number of sulfonamides is 1. The topological polar surface area (TPSA) is 86.8 Å². The first-order chi connectivity index (χ1) is 20.7. The molecule has 0 saturated carbocycles. The van der Waals surface area contributed by atoms with Gasteiger partial charge >= 0.3 is 0 Å². The van der Waals surface area contributed by atoms with E-state index in [4.69, 9.17) is 11.6 Å². The minimum absolute atomic E-state index is 0.0401. The Morgan fingerprint density at radius 1 is 0.837 bits per heavy atom. The Morgan fingerprint density at radius 2 is 1.42 bits per heavy atom. The Kier molecular flexibility index (Phi) is 11.0. The summed E-state index contributed by atoms with van der Waals surface area (Å²) in [5.74, 6) is -0.818. The highest BCUT2D eigenvalue weighted by molar-refractivity contribution is 7.92. The minimum atomic E-state index is -4.19. The zero-order chi connectivity index (χ0) is 30.8. The third-order valence-electron chi connectivity index (χ3n) is 7.07. The molecule has 0 heterocycles. The van der Waals surface area contributed by atoms with Gasteiger partial charge in [0.2, 0.25) is 11.8 Å². The van der Waals surface area contributed by atoms with Gasteiger partial charge in [-0.1, -0.05) is 103 Å². The van der Waals surface area contributed by atoms with Crippen LogP contribution in [0.1, 0.15) is 30.0 Å². The van der Waals surface area contributed by atoms with Crippen molar-refractivity contribution in [3.05, 3.63) is 131 Å². The normalized spacial score (nSPS) is 11.9. The number of nitrogens with zero attached hydrogens (tertiary/aromatic N) is 2. The zero-order valence-electron chi connectivity index (χ0n) is 24.3. The Labute approximate surface area is 259 Å². The van der Waals surface area contributed by atoms with Crippen molar-refractivity contribution >= 4 is 39.1 Å². The van der Waals surface area contributed by atoms with Gasteiger partial charge < -0.3 is 10.2 Å². The highest BCUT2D eigenvalue weighted by Gasteiger charge is 2.35. The highest BCUT2D eigenvalue weighted by atomic mass is 35.5. The molecule has 0 aromatic heterocycles. The summed E-state index contributed by atoms with van der Waals surface area (Å²) in [5, 5.41) is 3.29. The monoisotopic (exact) mass is 617 g/mol. The van der Waals surface area contributed by atoms with Crippen molar-refractivity contribution in [3.63, 3.8) is 0 Å².